The van der Waals surface area contributed by atoms with E-state index in [0.29, 0.717) is 0 Å². The van der Waals surface area contributed by atoms with E-state index in [1.165, 1.54) is 14.0 Å². The molecule has 0 aromatic heterocycles. The van der Waals surface area contributed by atoms with Gasteiger partial charge in [-0.15, -0.1) is 0 Å². The van der Waals surface area contributed by atoms with Crippen LogP contribution in [0.5, 0.6) is 0 Å². The first-order chi connectivity index (χ1) is 11.3. The van der Waals surface area contributed by atoms with Gasteiger partial charge in [0.2, 0.25) is 0 Å². The Balaban J connectivity index is 2.38. The minimum absolute atomic E-state index is 0.0638. The highest BCUT2D eigenvalue weighted by Crippen LogP contribution is 2.43. The van der Waals surface area contributed by atoms with E-state index in [2.05, 4.69) is 9.47 Å². The molecule has 10 nitrogen and oxygen atoms in total. The minimum atomic E-state index is -1.29. The molecule has 0 aliphatic carbocycles. The molecule has 2 aliphatic rings. The van der Waals surface area contributed by atoms with E-state index in [1.54, 1.807) is 0 Å². The predicted molar refractivity (Wildman–Crippen MR) is 73.7 cm³/mol. The Kier molecular flexibility index (Phi) is 5.52. The zero-order valence-electron chi connectivity index (χ0n) is 13.7. The SMILES string of the molecule is COC(=O)[C@@H]1[C@@H]2[C@@H](CC(C)=O)[C@H](C(=O)OC)ON2O[C@@H]1C(=O)OC. The Morgan fingerprint density at radius 3 is 1.88 bits per heavy atom. The van der Waals surface area contributed by atoms with Crippen LogP contribution in [0, 0.1) is 11.8 Å². The number of esters is 3. The van der Waals surface area contributed by atoms with E-state index in [4.69, 9.17) is 14.4 Å². The molecule has 0 N–H and O–H groups in total. The van der Waals surface area contributed by atoms with Crippen molar-refractivity contribution in [1.29, 1.82) is 0 Å². The van der Waals surface area contributed by atoms with Gasteiger partial charge in [-0.25, -0.2) is 9.59 Å². The lowest BCUT2D eigenvalue weighted by atomic mass is 9.81. The number of fused-ring (bicyclic) bond motifs is 1. The number of hydroxylamine groups is 2. The molecule has 2 heterocycles. The summed E-state index contributed by atoms with van der Waals surface area (Å²) >= 11 is 0. The smallest absolute Gasteiger partial charge is 0.338 e. The van der Waals surface area contributed by atoms with Gasteiger partial charge in [0, 0.05) is 12.3 Å². The molecule has 0 bridgehead atoms. The lowest BCUT2D eigenvalue weighted by Crippen LogP contribution is -2.44. The molecular weight excluding hydrogens is 326 g/mol. The lowest BCUT2D eigenvalue weighted by Gasteiger charge is -2.22. The first-order valence-electron chi connectivity index (χ1n) is 7.21. The van der Waals surface area contributed by atoms with Crippen molar-refractivity contribution in [1.82, 2.24) is 5.23 Å². The Hall–Kier alpha value is -2.04. The molecular formula is C14H19NO9. The monoisotopic (exact) mass is 345 g/mol. The van der Waals surface area contributed by atoms with Crippen molar-refractivity contribution in [2.75, 3.05) is 21.3 Å². The quantitative estimate of drug-likeness (QED) is 0.454. The fourth-order valence-corrected chi connectivity index (χ4v) is 3.04. The molecule has 5 atom stereocenters. The van der Waals surface area contributed by atoms with Crippen LogP contribution in [0.4, 0.5) is 0 Å². The van der Waals surface area contributed by atoms with Crippen LogP contribution < -0.4 is 0 Å². The lowest BCUT2D eigenvalue weighted by molar-refractivity contribution is -0.350. The third-order valence-electron chi connectivity index (χ3n) is 4.06. The molecule has 2 saturated heterocycles. The van der Waals surface area contributed by atoms with Crippen molar-refractivity contribution in [2.45, 2.75) is 31.6 Å². The van der Waals surface area contributed by atoms with Gasteiger partial charge in [0.15, 0.2) is 12.2 Å². The van der Waals surface area contributed by atoms with Crippen LogP contribution >= 0.6 is 0 Å². The number of carbonyl (C=O) groups is 4. The third-order valence-corrected chi connectivity index (χ3v) is 4.06. The normalized spacial score (nSPS) is 32.1. The summed E-state index contributed by atoms with van der Waals surface area (Å²) in [6, 6.07) is -0.866. The number of ether oxygens (including phenoxy) is 3. The van der Waals surface area contributed by atoms with Crippen LogP contribution in [-0.4, -0.2) is 68.5 Å². The number of hydrogen-bond donors (Lipinski definition) is 0. The van der Waals surface area contributed by atoms with E-state index >= 15 is 0 Å². The Morgan fingerprint density at radius 1 is 0.875 bits per heavy atom. The standard InChI is InChI=1S/C14H19NO9/c1-6(16)5-7-9-8(12(17)20-2)11(14(19)22-4)24-15(9)23-10(7)13(18)21-3/h7-11H,5H2,1-4H3/t7-,8-,9+,10-,11+/m1/s1. The van der Waals surface area contributed by atoms with Crippen LogP contribution in [-0.2, 0) is 43.1 Å². The number of nitrogens with zero attached hydrogens (tertiary/aromatic N) is 1. The largest absolute Gasteiger partial charge is 0.469 e. The van der Waals surface area contributed by atoms with E-state index in [9.17, 15) is 19.2 Å². The maximum atomic E-state index is 12.2. The maximum Gasteiger partial charge on any atom is 0.338 e. The summed E-state index contributed by atoms with van der Waals surface area (Å²) in [6.07, 6.45) is -2.48. The number of Topliss-reactive ketones (excluding diaryl/α,β-unsaturated/α-hetero) is 1. The van der Waals surface area contributed by atoms with Crippen LogP contribution in [0.2, 0.25) is 0 Å². The third kappa shape index (κ3) is 3.12. The van der Waals surface area contributed by atoms with Gasteiger partial charge in [0.05, 0.1) is 27.4 Å². The molecule has 0 unspecified atom stereocenters. The molecule has 10 heteroatoms. The Bertz CT molecular complexity index is 548. The van der Waals surface area contributed by atoms with Gasteiger partial charge in [0.1, 0.15) is 11.7 Å². The molecule has 2 fully saturated rings. The molecule has 2 aliphatic heterocycles. The molecule has 24 heavy (non-hydrogen) atoms. The van der Waals surface area contributed by atoms with Crippen molar-refractivity contribution in [2.24, 2.45) is 11.8 Å². The molecule has 0 amide bonds. The molecule has 0 spiro atoms. The number of methoxy groups -OCH3 is 3. The highest BCUT2D eigenvalue weighted by Gasteiger charge is 2.63. The molecule has 0 saturated carbocycles. The minimum Gasteiger partial charge on any atom is -0.469 e. The highest BCUT2D eigenvalue weighted by molar-refractivity contribution is 5.86. The van der Waals surface area contributed by atoms with Crippen molar-refractivity contribution in [3.05, 3.63) is 0 Å². The van der Waals surface area contributed by atoms with Crippen LogP contribution in [0.3, 0.4) is 0 Å². The number of rotatable bonds is 5. The van der Waals surface area contributed by atoms with E-state index in [-0.39, 0.29) is 12.2 Å². The van der Waals surface area contributed by atoms with Crippen molar-refractivity contribution in [3.8, 4) is 0 Å². The van der Waals surface area contributed by atoms with E-state index < -0.39 is 48.0 Å². The average molecular weight is 345 g/mol. The van der Waals surface area contributed by atoms with E-state index in [1.807, 2.05) is 0 Å². The van der Waals surface area contributed by atoms with Gasteiger partial charge in [-0.3, -0.25) is 14.5 Å². The summed E-state index contributed by atoms with van der Waals surface area (Å²) in [7, 11) is 3.48. The van der Waals surface area contributed by atoms with Gasteiger partial charge in [-0.1, -0.05) is 5.23 Å². The second kappa shape index (κ2) is 7.24. The van der Waals surface area contributed by atoms with Gasteiger partial charge in [-0.2, -0.15) is 0 Å². The zero-order valence-corrected chi connectivity index (χ0v) is 13.7. The fraction of sp³-hybridized carbons (Fsp3) is 0.714. The Morgan fingerprint density at radius 2 is 1.38 bits per heavy atom. The van der Waals surface area contributed by atoms with Gasteiger partial charge < -0.3 is 19.0 Å². The molecule has 0 radical (unpaired) electrons. The molecule has 134 valence electrons. The molecule has 0 aromatic rings. The van der Waals surface area contributed by atoms with Gasteiger partial charge in [0.25, 0.3) is 0 Å². The summed E-state index contributed by atoms with van der Waals surface area (Å²) in [5.41, 5.74) is 0. The first kappa shape index (κ1) is 18.3. The zero-order chi connectivity index (χ0) is 18.0. The maximum absolute atomic E-state index is 12.2. The molecule has 2 rings (SSSR count). The van der Waals surface area contributed by atoms with Crippen molar-refractivity contribution >= 4 is 23.7 Å². The topological polar surface area (TPSA) is 118 Å². The fourth-order valence-electron chi connectivity index (χ4n) is 3.04. The first-order valence-corrected chi connectivity index (χ1v) is 7.21. The summed E-state index contributed by atoms with van der Waals surface area (Å²) < 4.78 is 14.0. The number of carbonyl (C=O) groups excluding carboxylic acids is 4. The number of hydrogen-bond acceptors (Lipinski definition) is 10. The van der Waals surface area contributed by atoms with Gasteiger partial charge in [-0.05, 0) is 6.92 Å². The second-order valence-corrected chi connectivity index (χ2v) is 5.49. The van der Waals surface area contributed by atoms with Crippen LogP contribution in [0.1, 0.15) is 13.3 Å². The summed E-state index contributed by atoms with van der Waals surface area (Å²) in [5, 5.41) is 0.901. The van der Waals surface area contributed by atoms with Crippen LogP contribution in [0.25, 0.3) is 0 Å². The summed E-state index contributed by atoms with van der Waals surface area (Å²) in [6.45, 7) is 1.34. The predicted octanol–water partition coefficient (Wildman–Crippen LogP) is -0.985. The summed E-state index contributed by atoms with van der Waals surface area (Å²) in [5.74, 6) is -4.31. The number of ketones is 1. The highest BCUT2D eigenvalue weighted by atomic mass is 17.0. The Labute approximate surface area is 137 Å². The van der Waals surface area contributed by atoms with E-state index in [0.717, 1.165) is 19.4 Å². The van der Waals surface area contributed by atoms with Crippen LogP contribution in [0.15, 0.2) is 0 Å². The average Bonchev–Trinajstić information content (AvgIpc) is 3.09. The van der Waals surface area contributed by atoms with Crippen molar-refractivity contribution in [3.63, 3.8) is 0 Å². The second-order valence-electron chi connectivity index (χ2n) is 5.49. The summed E-state index contributed by atoms with van der Waals surface area (Å²) in [4.78, 5) is 58.2. The van der Waals surface area contributed by atoms with Crippen molar-refractivity contribution < 1.29 is 43.1 Å². The van der Waals surface area contributed by atoms with Gasteiger partial charge >= 0.3 is 17.9 Å². The molecule has 0 aromatic carbocycles.